The van der Waals surface area contributed by atoms with Crippen LogP contribution in [0.4, 0.5) is 0 Å². The van der Waals surface area contributed by atoms with Gasteiger partial charge in [-0.15, -0.1) is 10.2 Å². The first-order valence-corrected chi connectivity index (χ1v) is 8.01. The molecule has 0 atom stereocenters. The maximum atomic E-state index is 4.32. The zero-order valence-electron chi connectivity index (χ0n) is 11.5. The van der Waals surface area contributed by atoms with Gasteiger partial charge in [-0.3, -0.25) is 0 Å². The molecule has 0 amide bonds. The van der Waals surface area contributed by atoms with E-state index in [2.05, 4.69) is 33.9 Å². The summed E-state index contributed by atoms with van der Waals surface area (Å²) in [6.45, 7) is 7.71. The van der Waals surface area contributed by atoms with E-state index < -0.39 is 0 Å². The molecule has 0 bridgehead atoms. The summed E-state index contributed by atoms with van der Waals surface area (Å²) >= 11 is 1.83. The van der Waals surface area contributed by atoms with Gasteiger partial charge < -0.3 is 9.88 Å². The Morgan fingerprint density at radius 1 is 1.28 bits per heavy atom. The van der Waals surface area contributed by atoms with E-state index in [0.717, 1.165) is 42.9 Å². The SMILES string of the molecule is CC(C)CNCCSc1nnc2n1CCCCC2. The van der Waals surface area contributed by atoms with E-state index in [0.29, 0.717) is 0 Å². The van der Waals surface area contributed by atoms with Gasteiger partial charge in [0.05, 0.1) is 0 Å². The number of thioether (sulfide) groups is 1. The lowest BCUT2D eigenvalue weighted by molar-refractivity contribution is 0.567. The van der Waals surface area contributed by atoms with Crippen LogP contribution in [0.15, 0.2) is 5.16 Å². The summed E-state index contributed by atoms with van der Waals surface area (Å²) in [5.41, 5.74) is 0. The molecule has 1 aromatic rings. The summed E-state index contributed by atoms with van der Waals surface area (Å²) in [5, 5.41) is 13.2. The van der Waals surface area contributed by atoms with Crippen LogP contribution in [0.25, 0.3) is 0 Å². The van der Waals surface area contributed by atoms with Crippen molar-refractivity contribution >= 4 is 11.8 Å². The van der Waals surface area contributed by atoms with Gasteiger partial charge in [-0.2, -0.15) is 0 Å². The standard InChI is InChI=1S/C13H24N4S/c1-11(2)10-14-7-9-18-13-16-15-12-6-4-3-5-8-17(12)13/h11,14H,3-10H2,1-2H3. The van der Waals surface area contributed by atoms with Gasteiger partial charge in [-0.05, 0) is 25.3 Å². The average molecular weight is 268 g/mol. The van der Waals surface area contributed by atoms with Crippen LogP contribution in [0, 0.1) is 5.92 Å². The molecule has 0 saturated carbocycles. The van der Waals surface area contributed by atoms with Crippen molar-refractivity contribution < 1.29 is 0 Å². The van der Waals surface area contributed by atoms with Crippen molar-refractivity contribution in [3.63, 3.8) is 0 Å². The van der Waals surface area contributed by atoms with Crippen molar-refractivity contribution in [1.82, 2.24) is 20.1 Å². The van der Waals surface area contributed by atoms with E-state index in [4.69, 9.17) is 0 Å². The largest absolute Gasteiger partial charge is 0.316 e. The van der Waals surface area contributed by atoms with Crippen molar-refractivity contribution in [2.24, 2.45) is 5.92 Å². The van der Waals surface area contributed by atoms with Crippen molar-refractivity contribution in [2.45, 2.75) is 51.2 Å². The molecule has 0 spiro atoms. The smallest absolute Gasteiger partial charge is 0.191 e. The predicted octanol–water partition coefficient (Wildman–Crippen LogP) is 2.34. The molecule has 1 aliphatic rings. The van der Waals surface area contributed by atoms with Gasteiger partial charge in [0.1, 0.15) is 5.82 Å². The molecule has 1 aromatic heterocycles. The number of hydrogen-bond donors (Lipinski definition) is 1. The van der Waals surface area contributed by atoms with E-state index in [9.17, 15) is 0 Å². The molecular weight excluding hydrogens is 244 g/mol. The highest BCUT2D eigenvalue weighted by Crippen LogP contribution is 2.21. The third-order valence-electron chi connectivity index (χ3n) is 3.14. The number of rotatable bonds is 6. The fourth-order valence-electron chi connectivity index (χ4n) is 2.17. The van der Waals surface area contributed by atoms with Crippen molar-refractivity contribution in [2.75, 3.05) is 18.8 Å². The third kappa shape index (κ3) is 3.99. The Kier molecular flexibility index (Phi) is 5.50. The zero-order valence-corrected chi connectivity index (χ0v) is 12.3. The third-order valence-corrected chi connectivity index (χ3v) is 4.11. The molecule has 0 unspecified atom stereocenters. The molecule has 0 aromatic carbocycles. The minimum Gasteiger partial charge on any atom is -0.316 e. The van der Waals surface area contributed by atoms with Crippen LogP contribution in [0.3, 0.4) is 0 Å². The molecule has 5 heteroatoms. The average Bonchev–Trinajstić information content (AvgIpc) is 2.58. The predicted molar refractivity (Wildman–Crippen MR) is 76.0 cm³/mol. The second-order valence-electron chi connectivity index (χ2n) is 5.31. The Morgan fingerprint density at radius 2 is 2.17 bits per heavy atom. The van der Waals surface area contributed by atoms with Gasteiger partial charge >= 0.3 is 0 Å². The molecule has 0 aliphatic carbocycles. The van der Waals surface area contributed by atoms with Crippen LogP contribution in [0.5, 0.6) is 0 Å². The molecule has 18 heavy (non-hydrogen) atoms. The van der Waals surface area contributed by atoms with Gasteiger partial charge in [0, 0.05) is 25.3 Å². The number of nitrogens with one attached hydrogen (secondary N) is 1. The van der Waals surface area contributed by atoms with Crippen LogP contribution in [0.2, 0.25) is 0 Å². The second kappa shape index (κ2) is 7.14. The summed E-state index contributed by atoms with van der Waals surface area (Å²) in [4.78, 5) is 0. The van der Waals surface area contributed by atoms with E-state index in [1.807, 2.05) is 11.8 Å². The monoisotopic (exact) mass is 268 g/mol. The molecule has 0 fully saturated rings. The number of hydrogen-bond acceptors (Lipinski definition) is 4. The summed E-state index contributed by atoms with van der Waals surface area (Å²) < 4.78 is 2.32. The molecule has 102 valence electrons. The van der Waals surface area contributed by atoms with E-state index in [1.165, 1.54) is 25.1 Å². The lowest BCUT2D eigenvalue weighted by Gasteiger charge is -2.08. The van der Waals surface area contributed by atoms with Gasteiger partial charge in [0.2, 0.25) is 0 Å². The Hall–Kier alpha value is -0.550. The Balaban J connectivity index is 1.77. The summed E-state index contributed by atoms with van der Waals surface area (Å²) in [6.07, 6.45) is 4.95. The fourth-order valence-corrected chi connectivity index (χ4v) is 3.05. The Bertz CT molecular complexity index is 362. The molecular formula is C13H24N4S. The molecule has 0 radical (unpaired) electrons. The van der Waals surface area contributed by atoms with Crippen LogP contribution in [-0.2, 0) is 13.0 Å². The summed E-state index contributed by atoms with van der Waals surface area (Å²) in [5.74, 6) is 2.98. The fraction of sp³-hybridized carbons (Fsp3) is 0.846. The first kappa shape index (κ1) is 13.9. The van der Waals surface area contributed by atoms with E-state index in [1.54, 1.807) is 0 Å². The molecule has 1 N–H and O–H groups in total. The minimum atomic E-state index is 0.722. The highest BCUT2D eigenvalue weighted by atomic mass is 32.2. The van der Waals surface area contributed by atoms with Crippen LogP contribution >= 0.6 is 11.8 Å². The van der Waals surface area contributed by atoms with Crippen LogP contribution in [0.1, 0.15) is 38.9 Å². The Morgan fingerprint density at radius 3 is 3.00 bits per heavy atom. The van der Waals surface area contributed by atoms with Crippen molar-refractivity contribution in [3.05, 3.63) is 5.82 Å². The topological polar surface area (TPSA) is 42.7 Å². The van der Waals surface area contributed by atoms with Crippen LogP contribution in [-0.4, -0.2) is 33.6 Å². The molecule has 0 saturated heterocycles. The van der Waals surface area contributed by atoms with Gasteiger partial charge in [-0.1, -0.05) is 32.0 Å². The summed E-state index contributed by atoms with van der Waals surface area (Å²) in [7, 11) is 0. The number of aryl methyl sites for hydroxylation is 1. The second-order valence-corrected chi connectivity index (χ2v) is 6.37. The maximum Gasteiger partial charge on any atom is 0.191 e. The minimum absolute atomic E-state index is 0.722. The van der Waals surface area contributed by atoms with E-state index >= 15 is 0 Å². The number of fused-ring (bicyclic) bond motifs is 1. The summed E-state index contributed by atoms with van der Waals surface area (Å²) in [6, 6.07) is 0. The maximum absolute atomic E-state index is 4.32. The Labute approximate surface area is 114 Å². The quantitative estimate of drug-likeness (QED) is 0.635. The van der Waals surface area contributed by atoms with E-state index in [-0.39, 0.29) is 0 Å². The number of nitrogens with zero attached hydrogens (tertiary/aromatic N) is 3. The lowest BCUT2D eigenvalue weighted by atomic mass is 10.2. The molecule has 2 rings (SSSR count). The van der Waals surface area contributed by atoms with Crippen molar-refractivity contribution in [1.29, 1.82) is 0 Å². The normalized spacial score (nSPS) is 15.7. The van der Waals surface area contributed by atoms with Gasteiger partial charge in [-0.25, -0.2) is 0 Å². The lowest BCUT2D eigenvalue weighted by Crippen LogP contribution is -2.22. The molecule has 2 heterocycles. The van der Waals surface area contributed by atoms with Crippen molar-refractivity contribution in [3.8, 4) is 0 Å². The highest BCUT2D eigenvalue weighted by molar-refractivity contribution is 7.99. The first-order valence-electron chi connectivity index (χ1n) is 7.03. The van der Waals surface area contributed by atoms with Gasteiger partial charge in [0.15, 0.2) is 5.16 Å². The number of aromatic nitrogens is 3. The zero-order chi connectivity index (χ0) is 12.8. The first-order chi connectivity index (χ1) is 8.77. The van der Waals surface area contributed by atoms with Gasteiger partial charge in [0.25, 0.3) is 0 Å². The van der Waals surface area contributed by atoms with Crippen LogP contribution < -0.4 is 5.32 Å². The molecule has 1 aliphatic heterocycles. The highest BCUT2D eigenvalue weighted by Gasteiger charge is 2.14. The molecule has 4 nitrogen and oxygen atoms in total.